The molecular weight excluding hydrogens is 393 g/mol. The maximum atomic E-state index is 14.0. The topological polar surface area (TPSA) is 60.7 Å². The van der Waals surface area contributed by atoms with Crippen LogP contribution in [0.2, 0.25) is 0 Å². The van der Waals surface area contributed by atoms with Gasteiger partial charge in [0.05, 0.1) is 17.9 Å². The number of nitrogens with zero attached hydrogens (tertiary/aromatic N) is 5. The van der Waals surface area contributed by atoms with Crippen molar-refractivity contribution in [2.45, 2.75) is 33.7 Å². The van der Waals surface area contributed by atoms with Gasteiger partial charge in [-0.25, -0.2) is 9.38 Å². The van der Waals surface area contributed by atoms with Crippen molar-refractivity contribution >= 4 is 11.6 Å². The van der Waals surface area contributed by atoms with Gasteiger partial charge in [-0.3, -0.25) is 9.58 Å². The van der Waals surface area contributed by atoms with E-state index in [1.165, 1.54) is 11.6 Å². The van der Waals surface area contributed by atoms with Crippen LogP contribution in [-0.2, 0) is 13.6 Å². The Labute approximate surface area is 185 Å². The number of rotatable bonds is 8. The molecule has 0 atom stereocenters. The van der Waals surface area contributed by atoms with Gasteiger partial charge in [0.25, 0.3) is 0 Å². The first-order valence-electron chi connectivity index (χ1n) is 11.2. The molecule has 0 amide bonds. The van der Waals surface area contributed by atoms with E-state index in [-0.39, 0.29) is 5.82 Å². The third-order valence-corrected chi connectivity index (χ3v) is 5.91. The van der Waals surface area contributed by atoms with Gasteiger partial charge >= 0.3 is 0 Å². The summed E-state index contributed by atoms with van der Waals surface area (Å²) in [6, 6.07) is 7.04. The number of guanidine groups is 1. The molecule has 170 valence electrons. The fourth-order valence-corrected chi connectivity index (χ4v) is 3.98. The van der Waals surface area contributed by atoms with E-state index < -0.39 is 0 Å². The van der Waals surface area contributed by atoms with Crippen LogP contribution in [-0.4, -0.2) is 66.5 Å². The molecule has 2 heterocycles. The van der Waals surface area contributed by atoms with Gasteiger partial charge in [0.2, 0.25) is 0 Å². The second kappa shape index (κ2) is 11.1. The molecule has 0 bridgehead atoms. The predicted molar refractivity (Wildman–Crippen MR) is 125 cm³/mol. The summed E-state index contributed by atoms with van der Waals surface area (Å²) >= 11 is 0. The zero-order chi connectivity index (χ0) is 22.2. The van der Waals surface area contributed by atoms with Crippen LogP contribution in [0.25, 0.3) is 0 Å². The van der Waals surface area contributed by atoms with Crippen molar-refractivity contribution in [2.24, 2.45) is 12.0 Å². The van der Waals surface area contributed by atoms with Gasteiger partial charge in [-0.05, 0) is 45.9 Å². The van der Waals surface area contributed by atoms with Gasteiger partial charge in [-0.2, -0.15) is 5.10 Å². The molecular formula is C23H36FN7. The molecule has 1 aliphatic heterocycles. The summed E-state index contributed by atoms with van der Waals surface area (Å²) in [5.41, 5.74) is 4.10. The number of nitrogens with one attached hydrogen (secondary N) is 2. The number of piperazine rings is 1. The van der Waals surface area contributed by atoms with Gasteiger partial charge < -0.3 is 15.5 Å². The molecule has 1 aromatic carbocycles. The van der Waals surface area contributed by atoms with E-state index in [1.54, 1.807) is 6.07 Å². The number of anilines is 1. The van der Waals surface area contributed by atoms with E-state index >= 15 is 0 Å². The molecule has 2 N–H and O–H groups in total. The Morgan fingerprint density at radius 1 is 1.13 bits per heavy atom. The first-order valence-corrected chi connectivity index (χ1v) is 11.2. The number of aliphatic imine (C=N–C) groups is 1. The Hall–Kier alpha value is -2.61. The van der Waals surface area contributed by atoms with Gasteiger partial charge in [0, 0.05) is 57.6 Å². The second-order valence-electron chi connectivity index (χ2n) is 8.03. The molecule has 0 unspecified atom stereocenters. The summed E-state index contributed by atoms with van der Waals surface area (Å²) in [5.74, 6) is 0.710. The zero-order valence-corrected chi connectivity index (χ0v) is 19.3. The quantitative estimate of drug-likeness (QED) is 0.384. The third kappa shape index (κ3) is 6.19. The van der Waals surface area contributed by atoms with Gasteiger partial charge in [-0.15, -0.1) is 0 Å². The standard InChI is InChI=1S/C23H36FN7/c1-5-25-23(27-17-20-18(2)28-29(4)19(20)3)26-11-8-12-30-13-15-31(16-14-30)22-10-7-6-9-21(22)24/h6-7,9-10H,5,8,11-17H2,1-4H3,(H2,25,26,27). The third-order valence-electron chi connectivity index (χ3n) is 5.91. The van der Waals surface area contributed by atoms with Crippen molar-refractivity contribution < 1.29 is 4.39 Å². The van der Waals surface area contributed by atoms with Gasteiger partial charge in [-0.1, -0.05) is 12.1 Å². The molecule has 1 fully saturated rings. The fourth-order valence-electron chi connectivity index (χ4n) is 3.98. The maximum Gasteiger partial charge on any atom is 0.191 e. The van der Waals surface area contributed by atoms with Crippen molar-refractivity contribution in [3.63, 3.8) is 0 Å². The monoisotopic (exact) mass is 429 g/mol. The molecule has 1 saturated heterocycles. The predicted octanol–water partition coefficient (Wildman–Crippen LogP) is 2.44. The van der Waals surface area contributed by atoms with Gasteiger partial charge in [0.1, 0.15) is 5.82 Å². The Morgan fingerprint density at radius 3 is 2.52 bits per heavy atom. The van der Waals surface area contributed by atoms with Crippen LogP contribution in [0.4, 0.5) is 10.1 Å². The summed E-state index contributed by atoms with van der Waals surface area (Å²) in [7, 11) is 1.97. The number of aromatic nitrogens is 2. The van der Waals surface area contributed by atoms with Crippen LogP contribution >= 0.6 is 0 Å². The largest absolute Gasteiger partial charge is 0.367 e. The highest BCUT2D eigenvalue weighted by atomic mass is 19.1. The number of hydrogen-bond donors (Lipinski definition) is 2. The normalized spacial score (nSPS) is 15.4. The molecule has 0 spiro atoms. The highest BCUT2D eigenvalue weighted by Gasteiger charge is 2.18. The van der Waals surface area contributed by atoms with Crippen LogP contribution in [0, 0.1) is 19.7 Å². The number of benzene rings is 1. The number of para-hydroxylation sites is 1. The first-order chi connectivity index (χ1) is 15.0. The van der Waals surface area contributed by atoms with Gasteiger partial charge in [0.15, 0.2) is 5.96 Å². The van der Waals surface area contributed by atoms with E-state index in [2.05, 4.69) is 39.4 Å². The number of halogens is 1. The van der Waals surface area contributed by atoms with E-state index in [1.807, 2.05) is 30.8 Å². The minimum absolute atomic E-state index is 0.132. The van der Waals surface area contributed by atoms with Crippen molar-refractivity contribution in [2.75, 3.05) is 50.7 Å². The number of aryl methyl sites for hydroxylation is 2. The van der Waals surface area contributed by atoms with E-state index in [0.29, 0.717) is 6.54 Å². The first kappa shape index (κ1) is 23.1. The lowest BCUT2D eigenvalue weighted by molar-refractivity contribution is 0.254. The summed E-state index contributed by atoms with van der Waals surface area (Å²) in [6.45, 7) is 13.2. The summed E-state index contributed by atoms with van der Waals surface area (Å²) in [5, 5.41) is 11.2. The Balaban J connectivity index is 1.41. The molecule has 1 aromatic heterocycles. The minimum Gasteiger partial charge on any atom is -0.367 e. The molecule has 31 heavy (non-hydrogen) atoms. The van der Waals surface area contributed by atoms with Crippen LogP contribution in [0.1, 0.15) is 30.3 Å². The van der Waals surface area contributed by atoms with E-state index in [9.17, 15) is 4.39 Å². The second-order valence-corrected chi connectivity index (χ2v) is 8.03. The fraction of sp³-hybridized carbons (Fsp3) is 0.565. The maximum absolute atomic E-state index is 14.0. The lowest BCUT2D eigenvalue weighted by Crippen LogP contribution is -2.47. The average Bonchev–Trinajstić information content (AvgIpc) is 3.01. The molecule has 0 aliphatic carbocycles. The summed E-state index contributed by atoms with van der Waals surface area (Å²) in [4.78, 5) is 9.33. The summed E-state index contributed by atoms with van der Waals surface area (Å²) < 4.78 is 15.9. The molecule has 8 heteroatoms. The highest BCUT2D eigenvalue weighted by molar-refractivity contribution is 5.79. The Morgan fingerprint density at radius 2 is 1.87 bits per heavy atom. The highest BCUT2D eigenvalue weighted by Crippen LogP contribution is 2.20. The van der Waals surface area contributed by atoms with Crippen molar-refractivity contribution in [3.8, 4) is 0 Å². The minimum atomic E-state index is -0.132. The van der Waals surface area contributed by atoms with Crippen LogP contribution in [0.5, 0.6) is 0 Å². The zero-order valence-electron chi connectivity index (χ0n) is 19.3. The SMILES string of the molecule is CCNC(=NCc1c(C)nn(C)c1C)NCCCN1CCN(c2ccccc2F)CC1. The van der Waals surface area contributed by atoms with Crippen LogP contribution < -0.4 is 15.5 Å². The van der Waals surface area contributed by atoms with E-state index in [4.69, 9.17) is 4.99 Å². The molecule has 7 nitrogen and oxygen atoms in total. The van der Waals surface area contributed by atoms with Crippen molar-refractivity contribution in [1.29, 1.82) is 0 Å². The Kier molecular flexibility index (Phi) is 8.28. The summed E-state index contributed by atoms with van der Waals surface area (Å²) in [6.07, 6.45) is 1.04. The molecule has 0 saturated carbocycles. The van der Waals surface area contributed by atoms with Crippen molar-refractivity contribution in [1.82, 2.24) is 25.3 Å². The molecule has 0 radical (unpaired) electrons. The Bertz CT molecular complexity index is 869. The lowest BCUT2D eigenvalue weighted by atomic mass is 10.2. The molecule has 3 rings (SSSR count). The molecule has 1 aliphatic rings. The van der Waals surface area contributed by atoms with Crippen LogP contribution in [0.3, 0.4) is 0 Å². The average molecular weight is 430 g/mol. The number of hydrogen-bond acceptors (Lipinski definition) is 4. The molecule has 2 aromatic rings. The van der Waals surface area contributed by atoms with E-state index in [0.717, 1.165) is 75.3 Å². The lowest BCUT2D eigenvalue weighted by Gasteiger charge is -2.36. The van der Waals surface area contributed by atoms with Crippen LogP contribution in [0.15, 0.2) is 29.3 Å². The smallest absolute Gasteiger partial charge is 0.191 e. The van der Waals surface area contributed by atoms with Crippen molar-refractivity contribution in [3.05, 3.63) is 47.0 Å².